The van der Waals surface area contributed by atoms with Crippen molar-refractivity contribution in [2.75, 3.05) is 0 Å². The molecular weight excluding hydrogens is 176 g/mol. The monoisotopic (exact) mass is 192 g/mol. The molecule has 14 heavy (non-hydrogen) atoms. The highest BCUT2D eigenvalue weighted by atomic mass is 16.3. The molecule has 0 heterocycles. The number of aryl methyl sites for hydroxylation is 1. The maximum absolute atomic E-state index is 9.78. The van der Waals surface area contributed by atoms with Crippen LogP contribution in [0.25, 0.3) is 0 Å². The maximum atomic E-state index is 9.78. The molecule has 1 aliphatic carbocycles. The number of fused-ring (bicyclic) bond motifs is 1. The summed E-state index contributed by atoms with van der Waals surface area (Å²) in [4.78, 5) is 0. The first-order chi connectivity index (χ1) is 6.65. The number of aromatic hydroxyl groups is 1. The molecule has 0 spiro atoms. The number of rotatable bonds is 1. The minimum Gasteiger partial charge on any atom is -0.508 e. The molecule has 1 aromatic carbocycles. The first kappa shape index (κ1) is 9.49. The van der Waals surface area contributed by atoms with Gasteiger partial charge in [-0.2, -0.15) is 0 Å². The van der Waals surface area contributed by atoms with Crippen LogP contribution in [0.3, 0.4) is 0 Å². The van der Waals surface area contributed by atoms with Gasteiger partial charge in [-0.25, -0.2) is 0 Å². The van der Waals surface area contributed by atoms with Crippen LogP contribution in [0.1, 0.15) is 42.0 Å². The van der Waals surface area contributed by atoms with Crippen LogP contribution in [0.15, 0.2) is 12.1 Å². The van der Waals surface area contributed by atoms with Crippen molar-refractivity contribution in [1.82, 2.24) is 5.43 Å². The standard InChI is InChI=1S/C11H16N2O/c1-6-3-4-9(14)11-8(13-12)5-7(2)10(6)11/h3-4,7-8,13-14H,5,12H2,1-2H3. The van der Waals surface area contributed by atoms with Crippen molar-refractivity contribution in [3.63, 3.8) is 0 Å². The van der Waals surface area contributed by atoms with E-state index in [0.717, 1.165) is 12.0 Å². The highest BCUT2D eigenvalue weighted by Crippen LogP contribution is 2.45. The van der Waals surface area contributed by atoms with Gasteiger partial charge in [-0.1, -0.05) is 13.0 Å². The Labute approximate surface area is 83.9 Å². The molecule has 2 rings (SSSR count). The fourth-order valence-electron chi connectivity index (χ4n) is 2.49. The predicted molar refractivity (Wildman–Crippen MR) is 55.9 cm³/mol. The Hall–Kier alpha value is -1.06. The summed E-state index contributed by atoms with van der Waals surface area (Å²) in [7, 11) is 0. The number of phenols is 1. The summed E-state index contributed by atoms with van der Waals surface area (Å²) in [6.45, 7) is 4.25. The van der Waals surface area contributed by atoms with Crippen molar-refractivity contribution < 1.29 is 5.11 Å². The number of phenolic OH excluding ortho intramolecular Hbond substituents is 1. The van der Waals surface area contributed by atoms with Gasteiger partial charge in [-0.3, -0.25) is 11.3 Å². The van der Waals surface area contributed by atoms with Crippen molar-refractivity contribution in [2.45, 2.75) is 32.2 Å². The Bertz CT molecular complexity index is 363. The molecular formula is C11H16N2O. The highest BCUT2D eigenvalue weighted by molar-refractivity contribution is 5.50. The lowest BCUT2D eigenvalue weighted by Gasteiger charge is -2.12. The minimum atomic E-state index is 0.0971. The molecule has 0 fully saturated rings. The lowest BCUT2D eigenvalue weighted by molar-refractivity contribution is 0.449. The van der Waals surface area contributed by atoms with Gasteiger partial charge in [0.1, 0.15) is 5.75 Å². The number of nitrogens with two attached hydrogens (primary N) is 1. The van der Waals surface area contributed by atoms with E-state index in [1.54, 1.807) is 6.07 Å². The molecule has 2 unspecified atom stereocenters. The molecule has 1 aromatic rings. The van der Waals surface area contributed by atoms with Gasteiger partial charge in [0, 0.05) is 5.56 Å². The molecule has 76 valence electrons. The second-order valence-corrected chi connectivity index (χ2v) is 4.08. The van der Waals surface area contributed by atoms with Gasteiger partial charge in [0.2, 0.25) is 0 Å². The minimum absolute atomic E-state index is 0.0971. The second kappa shape index (κ2) is 3.26. The summed E-state index contributed by atoms with van der Waals surface area (Å²) in [5.41, 5.74) is 6.24. The predicted octanol–water partition coefficient (Wildman–Crippen LogP) is 1.71. The summed E-state index contributed by atoms with van der Waals surface area (Å²) in [6, 6.07) is 3.81. The van der Waals surface area contributed by atoms with E-state index in [0.29, 0.717) is 11.7 Å². The molecule has 2 atom stereocenters. The van der Waals surface area contributed by atoms with Gasteiger partial charge in [-0.15, -0.1) is 0 Å². The lowest BCUT2D eigenvalue weighted by Crippen LogP contribution is -2.26. The van der Waals surface area contributed by atoms with E-state index in [-0.39, 0.29) is 6.04 Å². The zero-order valence-corrected chi connectivity index (χ0v) is 8.54. The average Bonchev–Trinajstić information content (AvgIpc) is 2.50. The normalized spacial score (nSPS) is 25.1. The van der Waals surface area contributed by atoms with Crippen LogP contribution in [0.4, 0.5) is 0 Å². The van der Waals surface area contributed by atoms with Gasteiger partial charge < -0.3 is 5.11 Å². The third kappa shape index (κ3) is 1.21. The van der Waals surface area contributed by atoms with Crippen LogP contribution in [0.2, 0.25) is 0 Å². The molecule has 1 aliphatic rings. The zero-order valence-electron chi connectivity index (χ0n) is 8.54. The van der Waals surface area contributed by atoms with Gasteiger partial charge in [-0.05, 0) is 36.5 Å². The number of hydrogen-bond donors (Lipinski definition) is 3. The Kier molecular flexibility index (Phi) is 2.21. The number of hydrazine groups is 1. The summed E-state index contributed by atoms with van der Waals surface area (Å²) in [6.07, 6.45) is 0.963. The molecule has 3 nitrogen and oxygen atoms in total. The van der Waals surface area contributed by atoms with Crippen LogP contribution in [-0.2, 0) is 0 Å². The van der Waals surface area contributed by atoms with Crippen molar-refractivity contribution >= 4 is 0 Å². The van der Waals surface area contributed by atoms with E-state index in [4.69, 9.17) is 5.84 Å². The smallest absolute Gasteiger partial charge is 0.120 e. The van der Waals surface area contributed by atoms with Crippen molar-refractivity contribution in [3.05, 3.63) is 28.8 Å². The zero-order chi connectivity index (χ0) is 10.3. The topological polar surface area (TPSA) is 58.3 Å². The number of nitrogens with one attached hydrogen (secondary N) is 1. The van der Waals surface area contributed by atoms with Crippen molar-refractivity contribution in [2.24, 2.45) is 5.84 Å². The van der Waals surface area contributed by atoms with Crippen LogP contribution in [0.5, 0.6) is 5.75 Å². The quantitative estimate of drug-likeness (QED) is 0.469. The first-order valence-corrected chi connectivity index (χ1v) is 4.93. The Morgan fingerprint density at radius 1 is 1.43 bits per heavy atom. The van der Waals surface area contributed by atoms with Crippen molar-refractivity contribution in [1.29, 1.82) is 0 Å². The molecule has 0 saturated heterocycles. The number of benzene rings is 1. The molecule has 3 heteroatoms. The van der Waals surface area contributed by atoms with Gasteiger partial charge in [0.05, 0.1) is 6.04 Å². The van der Waals surface area contributed by atoms with Crippen LogP contribution in [0, 0.1) is 6.92 Å². The van der Waals surface area contributed by atoms with Crippen LogP contribution < -0.4 is 11.3 Å². The highest BCUT2D eigenvalue weighted by Gasteiger charge is 2.31. The first-order valence-electron chi connectivity index (χ1n) is 4.93. The van der Waals surface area contributed by atoms with Gasteiger partial charge in [0.25, 0.3) is 0 Å². The number of hydrogen-bond acceptors (Lipinski definition) is 3. The summed E-state index contributed by atoms with van der Waals surface area (Å²) in [5.74, 6) is 6.30. The molecule has 0 saturated carbocycles. The maximum Gasteiger partial charge on any atom is 0.120 e. The van der Waals surface area contributed by atoms with E-state index in [1.165, 1.54) is 11.1 Å². The summed E-state index contributed by atoms with van der Waals surface area (Å²) >= 11 is 0. The third-order valence-electron chi connectivity index (χ3n) is 3.11. The summed E-state index contributed by atoms with van der Waals surface area (Å²) < 4.78 is 0. The molecule has 0 amide bonds. The molecule has 0 aliphatic heterocycles. The summed E-state index contributed by atoms with van der Waals surface area (Å²) in [5, 5.41) is 9.78. The Balaban J connectivity index is 2.60. The fraction of sp³-hybridized carbons (Fsp3) is 0.455. The van der Waals surface area contributed by atoms with Gasteiger partial charge >= 0.3 is 0 Å². The van der Waals surface area contributed by atoms with E-state index >= 15 is 0 Å². The third-order valence-corrected chi connectivity index (χ3v) is 3.11. The van der Waals surface area contributed by atoms with Crippen molar-refractivity contribution in [3.8, 4) is 5.75 Å². The molecule has 4 N–H and O–H groups in total. The Morgan fingerprint density at radius 3 is 2.79 bits per heavy atom. The average molecular weight is 192 g/mol. The fourth-order valence-corrected chi connectivity index (χ4v) is 2.49. The Morgan fingerprint density at radius 2 is 2.14 bits per heavy atom. The largest absolute Gasteiger partial charge is 0.508 e. The van der Waals surface area contributed by atoms with Gasteiger partial charge in [0.15, 0.2) is 0 Å². The van der Waals surface area contributed by atoms with E-state index in [1.807, 2.05) is 6.07 Å². The molecule has 0 radical (unpaired) electrons. The van der Waals surface area contributed by atoms with Crippen LogP contribution >= 0.6 is 0 Å². The molecule has 0 aromatic heterocycles. The van der Waals surface area contributed by atoms with E-state index in [2.05, 4.69) is 19.3 Å². The second-order valence-electron chi connectivity index (χ2n) is 4.08. The molecule has 0 bridgehead atoms. The SMILES string of the molecule is Cc1ccc(O)c2c1C(C)CC2NN. The van der Waals surface area contributed by atoms with E-state index in [9.17, 15) is 5.11 Å². The lowest BCUT2D eigenvalue weighted by atomic mass is 9.97. The van der Waals surface area contributed by atoms with Crippen LogP contribution in [-0.4, -0.2) is 5.11 Å². The van der Waals surface area contributed by atoms with E-state index < -0.39 is 0 Å².